The van der Waals surface area contributed by atoms with Crippen molar-refractivity contribution < 1.29 is 4.74 Å². The highest BCUT2D eigenvalue weighted by Crippen LogP contribution is 2.43. The highest BCUT2D eigenvalue weighted by atomic mass is 32.2. The van der Waals surface area contributed by atoms with E-state index < -0.39 is 0 Å². The Morgan fingerprint density at radius 1 is 1.39 bits per heavy atom. The fourth-order valence-electron chi connectivity index (χ4n) is 3.20. The zero-order valence-electron chi connectivity index (χ0n) is 10.6. The van der Waals surface area contributed by atoms with Gasteiger partial charge in [0.1, 0.15) is 0 Å². The third kappa shape index (κ3) is 2.62. The van der Waals surface area contributed by atoms with E-state index in [-0.39, 0.29) is 11.6 Å². The van der Waals surface area contributed by atoms with Gasteiger partial charge in [-0.25, -0.2) is 0 Å². The van der Waals surface area contributed by atoms with Crippen LogP contribution in [0.5, 0.6) is 0 Å². The van der Waals surface area contributed by atoms with Crippen LogP contribution >= 0.6 is 23.1 Å². The van der Waals surface area contributed by atoms with Gasteiger partial charge in [0.15, 0.2) is 0 Å². The summed E-state index contributed by atoms with van der Waals surface area (Å²) in [5.41, 5.74) is 7.92. The number of rotatable bonds is 2. The zero-order valence-corrected chi connectivity index (χ0v) is 12.3. The minimum Gasteiger partial charge on any atom is -0.375 e. The summed E-state index contributed by atoms with van der Waals surface area (Å²) in [5.74, 6) is 3.09. The van der Waals surface area contributed by atoms with E-state index >= 15 is 0 Å². The van der Waals surface area contributed by atoms with Crippen molar-refractivity contribution in [3.63, 3.8) is 0 Å². The van der Waals surface area contributed by atoms with Gasteiger partial charge in [0.05, 0.1) is 5.60 Å². The number of ether oxygens (including phenoxy) is 1. The molecule has 1 spiro atoms. The number of hydrogen-bond donors (Lipinski definition) is 1. The van der Waals surface area contributed by atoms with Gasteiger partial charge in [-0.1, -0.05) is 0 Å². The second-order valence-corrected chi connectivity index (χ2v) is 7.48. The molecule has 3 heterocycles. The number of thiophene rings is 1. The molecule has 1 aromatic rings. The van der Waals surface area contributed by atoms with Crippen LogP contribution in [0.15, 0.2) is 16.8 Å². The van der Waals surface area contributed by atoms with E-state index in [1.807, 2.05) is 0 Å². The molecule has 0 bridgehead atoms. The van der Waals surface area contributed by atoms with Crippen molar-refractivity contribution in [1.29, 1.82) is 0 Å². The van der Waals surface area contributed by atoms with Crippen molar-refractivity contribution in [2.24, 2.45) is 11.7 Å². The number of hydrogen-bond acceptors (Lipinski definition) is 4. The van der Waals surface area contributed by atoms with Crippen LogP contribution < -0.4 is 5.73 Å². The molecule has 2 N–H and O–H groups in total. The van der Waals surface area contributed by atoms with Crippen molar-refractivity contribution in [2.45, 2.75) is 37.3 Å². The van der Waals surface area contributed by atoms with E-state index in [2.05, 4.69) is 28.6 Å². The Labute approximate surface area is 117 Å². The Balaban J connectivity index is 1.70. The molecule has 2 saturated heterocycles. The molecule has 0 radical (unpaired) electrons. The Kier molecular flexibility index (Phi) is 3.99. The molecule has 0 aliphatic carbocycles. The minimum absolute atomic E-state index is 0.155. The van der Waals surface area contributed by atoms with Crippen LogP contribution in [0, 0.1) is 5.92 Å². The topological polar surface area (TPSA) is 35.2 Å². The molecule has 2 atom stereocenters. The molecule has 100 valence electrons. The van der Waals surface area contributed by atoms with E-state index in [1.54, 1.807) is 11.3 Å². The molecule has 3 rings (SSSR count). The molecule has 2 fully saturated rings. The molecule has 1 aromatic heterocycles. The van der Waals surface area contributed by atoms with Crippen molar-refractivity contribution in [3.05, 3.63) is 22.4 Å². The van der Waals surface area contributed by atoms with Gasteiger partial charge in [-0.15, -0.1) is 0 Å². The molecule has 0 saturated carbocycles. The van der Waals surface area contributed by atoms with Crippen LogP contribution in [-0.4, -0.2) is 23.7 Å². The zero-order chi connectivity index (χ0) is 12.4. The van der Waals surface area contributed by atoms with Gasteiger partial charge in [0.2, 0.25) is 0 Å². The lowest BCUT2D eigenvalue weighted by atomic mass is 9.77. The molecular formula is C14H21NOS2. The molecule has 2 unspecified atom stereocenters. The first-order valence-electron chi connectivity index (χ1n) is 6.78. The summed E-state index contributed by atoms with van der Waals surface area (Å²) >= 11 is 3.80. The van der Waals surface area contributed by atoms with Gasteiger partial charge in [0, 0.05) is 12.6 Å². The maximum absolute atomic E-state index is 6.45. The smallest absolute Gasteiger partial charge is 0.0701 e. The molecule has 2 aliphatic heterocycles. The first kappa shape index (κ1) is 13.0. The highest BCUT2D eigenvalue weighted by Gasteiger charge is 2.40. The Morgan fingerprint density at radius 2 is 2.22 bits per heavy atom. The van der Waals surface area contributed by atoms with E-state index in [0.29, 0.717) is 5.92 Å². The maximum Gasteiger partial charge on any atom is 0.0701 e. The van der Waals surface area contributed by atoms with Crippen molar-refractivity contribution >= 4 is 23.1 Å². The van der Waals surface area contributed by atoms with Gasteiger partial charge in [-0.05, 0) is 65.5 Å². The average molecular weight is 283 g/mol. The van der Waals surface area contributed by atoms with Crippen molar-refractivity contribution in [2.75, 3.05) is 18.1 Å². The third-order valence-electron chi connectivity index (χ3n) is 4.37. The first-order chi connectivity index (χ1) is 8.79. The second kappa shape index (κ2) is 5.53. The SMILES string of the molecule is NC(c1ccsc1)C1CCOC2(CCSCC2)C1. The summed E-state index contributed by atoms with van der Waals surface area (Å²) in [6.07, 6.45) is 4.70. The summed E-state index contributed by atoms with van der Waals surface area (Å²) in [6, 6.07) is 2.38. The van der Waals surface area contributed by atoms with Crippen molar-refractivity contribution in [1.82, 2.24) is 0 Å². The predicted molar refractivity (Wildman–Crippen MR) is 79.2 cm³/mol. The van der Waals surface area contributed by atoms with Crippen molar-refractivity contribution in [3.8, 4) is 0 Å². The van der Waals surface area contributed by atoms with Gasteiger partial charge in [-0.3, -0.25) is 0 Å². The van der Waals surface area contributed by atoms with Gasteiger partial charge < -0.3 is 10.5 Å². The number of thioether (sulfide) groups is 1. The average Bonchev–Trinajstić information content (AvgIpc) is 2.93. The van der Waals surface area contributed by atoms with E-state index in [1.165, 1.54) is 29.9 Å². The lowest BCUT2D eigenvalue weighted by molar-refractivity contribution is -0.105. The molecule has 2 nitrogen and oxygen atoms in total. The Bertz CT molecular complexity index is 368. The minimum atomic E-state index is 0.155. The fraction of sp³-hybridized carbons (Fsp3) is 0.714. The molecule has 0 aromatic carbocycles. The van der Waals surface area contributed by atoms with E-state index in [9.17, 15) is 0 Å². The van der Waals surface area contributed by atoms with Crippen LogP contribution in [0.3, 0.4) is 0 Å². The normalized spacial score (nSPS) is 29.3. The lowest BCUT2D eigenvalue weighted by Crippen LogP contribution is -2.45. The quantitative estimate of drug-likeness (QED) is 0.903. The third-order valence-corrected chi connectivity index (χ3v) is 6.06. The summed E-state index contributed by atoms with van der Waals surface area (Å²) in [4.78, 5) is 0. The monoisotopic (exact) mass is 283 g/mol. The maximum atomic E-state index is 6.45. The summed E-state index contributed by atoms with van der Waals surface area (Å²) in [5, 5.41) is 4.32. The van der Waals surface area contributed by atoms with Crippen LogP contribution in [0.2, 0.25) is 0 Å². The van der Waals surface area contributed by atoms with Crippen LogP contribution in [0.1, 0.15) is 37.3 Å². The molecule has 18 heavy (non-hydrogen) atoms. The van der Waals surface area contributed by atoms with E-state index in [0.717, 1.165) is 19.4 Å². The van der Waals surface area contributed by atoms with Gasteiger partial charge in [0.25, 0.3) is 0 Å². The van der Waals surface area contributed by atoms with Gasteiger partial charge >= 0.3 is 0 Å². The highest BCUT2D eigenvalue weighted by molar-refractivity contribution is 7.99. The lowest BCUT2D eigenvalue weighted by Gasteiger charge is -2.44. The summed E-state index contributed by atoms with van der Waals surface area (Å²) < 4.78 is 6.14. The van der Waals surface area contributed by atoms with E-state index in [4.69, 9.17) is 10.5 Å². The molecule has 0 amide bonds. The first-order valence-corrected chi connectivity index (χ1v) is 8.88. The van der Waals surface area contributed by atoms with Crippen LogP contribution in [0.4, 0.5) is 0 Å². The molecule has 2 aliphatic rings. The van der Waals surface area contributed by atoms with Crippen LogP contribution in [0.25, 0.3) is 0 Å². The summed E-state index contributed by atoms with van der Waals surface area (Å²) in [7, 11) is 0. The Morgan fingerprint density at radius 3 is 2.94 bits per heavy atom. The standard InChI is InChI=1S/C14H21NOS2/c15-13(12-2-6-18-10-12)11-1-5-16-14(9-11)3-7-17-8-4-14/h2,6,10-11,13H,1,3-5,7-9,15H2. The second-order valence-electron chi connectivity index (χ2n) is 5.48. The predicted octanol–water partition coefficient (Wildman–Crippen LogP) is 3.44. The Hall–Kier alpha value is -0.0300. The molecular weight excluding hydrogens is 262 g/mol. The van der Waals surface area contributed by atoms with Gasteiger partial charge in [-0.2, -0.15) is 23.1 Å². The van der Waals surface area contributed by atoms with Crippen LogP contribution in [-0.2, 0) is 4.74 Å². The largest absolute Gasteiger partial charge is 0.375 e. The summed E-state index contributed by atoms with van der Waals surface area (Å²) in [6.45, 7) is 0.896. The fourth-order valence-corrected chi connectivity index (χ4v) is 5.14. The molecule has 4 heteroatoms. The number of nitrogens with two attached hydrogens (primary N) is 1.